The molecule has 7 heteroatoms. The van der Waals surface area contributed by atoms with Crippen molar-refractivity contribution in [1.82, 2.24) is 0 Å². The molecule has 7 nitrogen and oxygen atoms in total. The number of hydrogen-bond donors (Lipinski definition) is 0. The fourth-order valence-electron chi connectivity index (χ4n) is 2.04. The van der Waals surface area contributed by atoms with Gasteiger partial charge in [-0.15, -0.1) is 0 Å². The molecule has 114 valence electrons. The van der Waals surface area contributed by atoms with Crippen molar-refractivity contribution >= 4 is 11.9 Å². The maximum Gasteiger partial charge on any atom is 0.338 e. The SMILES string of the molecule is COC(=O)[C@@H]1OC(c2ccccc2OC)O[C@H]1C(=O)OC. The molecule has 0 radical (unpaired) electrons. The first-order valence-corrected chi connectivity index (χ1v) is 6.21. The quantitative estimate of drug-likeness (QED) is 0.761. The monoisotopic (exact) mass is 296 g/mol. The molecule has 1 saturated heterocycles. The van der Waals surface area contributed by atoms with Gasteiger partial charge in [0.2, 0.25) is 0 Å². The lowest BCUT2D eigenvalue weighted by molar-refractivity contribution is -0.160. The molecule has 1 aliphatic rings. The molecule has 0 aromatic heterocycles. The molecule has 1 heterocycles. The standard InChI is InChI=1S/C14H16O7/c1-17-9-7-5-4-6-8(9)14-20-10(12(15)18-2)11(21-14)13(16)19-3/h4-7,10-11,14H,1-3H3/t10-,11-/m1/s1. The van der Waals surface area contributed by atoms with E-state index in [1.54, 1.807) is 24.3 Å². The van der Waals surface area contributed by atoms with Crippen molar-refractivity contribution in [3.05, 3.63) is 29.8 Å². The van der Waals surface area contributed by atoms with E-state index in [9.17, 15) is 9.59 Å². The number of carbonyl (C=O) groups is 2. The van der Waals surface area contributed by atoms with Crippen LogP contribution in [0, 0.1) is 0 Å². The van der Waals surface area contributed by atoms with Gasteiger partial charge in [-0.1, -0.05) is 18.2 Å². The number of carbonyl (C=O) groups excluding carboxylic acids is 2. The topological polar surface area (TPSA) is 80.3 Å². The minimum absolute atomic E-state index is 0.525. The van der Waals surface area contributed by atoms with E-state index in [4.69, 9.17) is 14.2 Å². The van der Waals surface area contributed by atoms with Gasteiger partial charge >= 0.3 is 11.9 Å². The Morgan fingerprint density at radius 2 is 1.48 bits per heavy atom. The summed E-state index contributed by atoms with van der Waals surface area (Å²) in [5.41, 5.74) is 0.570. The number of para-hydroxylation sites is 1. The minimum atomic E-state index is -1.18. The minimum Gasteiger partial charge on any atom is -0.496 e. The summed E-state index contributed by atoms with van der Waals surface area (Å²) in [6.45, 7) is 0. The molecule has 0 unspecified atom stereocenters. The highest BCUT2D eigenvalue weighted by Crippen LogP contribution is 2.36. The van der Waals surface area contributed by atoms with Crippen LogP contribution in [0.5, 0.6) is 5.75 Å². The van der Waals surface area contributed by atoms with Crippen LogP contribution in [0.15, 0.2) is 24.3 Å². The largest absolute Gasteiger partial charge is 0.496 e. The van der Waals surface area contributed by atoms with Crippen LogP contribution < -0.4 is 4.74 Å². The number of ether oxygens (including phenoxy) is 5. The molecule has 2 rings (SSSR count). The van der Waals surface area contributed by atoms with Crippen molar-refractivity contribution in [2.75, 3.05) is 21.3 Å². The first kappa shape index (κ1) is 15.3. The fourth-order valence-corrected chi connectivity index (χ4v) is 2.04. The van der Waals surface area contributed by atoms with Crippen molar-refractivity contribution in [2.45, 2.75) is 18.5 Å². The molecule has 0 amide bonds. The van der Waals surface area contributed by atoms with E-state index in [0.717, 1.165) is 0 Å². The lowest BCUT2D eigenvalue weighted by Gasteiger charge is -2.13. The van der Waals surface area contributed by atoms with Crippen LogP contribution in [0.3, 0.4) is 0 Å². The number of rotatable bonds is 4. The summed E-state index contributed by atoms with van der Waals surface area (Å²) in [6, 6.07) is 6.99. The van der Waals surface area contributed by atoms with Crippen LogP contribution in [-0.4, -0.2) is 45.5 Å². The molecule has 0 saturated carbocycles. The third-order valence-corrected chi connectivity index (χ3v) is 3.08. The van der Waals surface area contributed by atoms with Crippen LogP contribution in [0.2, 0.25) is 0 Å². The number of hydrogen-bond acceptors (Lipinski definition) is 7. The van der Waals surface area contributed by atoms with Gasteiger partial charge in [-0.2, -0.15) is 0 Å². The average molecular weight is 296 g/mol. The summed E-state index contributed by atoms with van der Waals surface area (Å²) in [7, 11) is 3.91. The Morgan fingerprint density at radius 3 is 1.95 bits per heavy atom. The Morgan fingerprint density at radius 1 is 0.952 bits per heavy atom. The highest BCUT2D eigenvalue weighted by Gasteiger charge is 2.47. The summed E-state index contributed by atoms with van der Waals surface area (Å²) in [5.74, 6) is -0.887. The number of esters is 2. The van der Waals surface area contributed by atoms with Crippen molar-refractivity contribution in [2.24, 2.45) is 0 Å². The summed E-state index contributed by atoms with van der Waals surface area (Å²) in [6.07, 6.45) is -3.29. The van der Waals surface area contributed by atoms with Crippen molar-refractivity contribution < 1.29 is 33.3 Å². The van der Waals surface area contributed by atoms with E-state index in [1.807, 2.05) is 0 Å². The third-order valence-electron chi connectivity index (χ3n) is 3.08. The third kappa shape index (κ3) is 2.98. The highest BCUT2D eigenvalue weighted by atomic mass is 16.8. The predicted molar refractivity (Wildman–Crippen MR) is 69.5 cm³/mol. The molecule has 0 aliphatic carbocycles. The second-order valence-electron chi connectivity index (χ2n) is 4.23. The molecule has 0 N–H and O–H groups in total. The van der Waals surface area contributed by atoms with Crippen LogP contribution in [0.4, 0.5) is 0 Å². The van der Waals surface area contributed by atoms with Crippen molar-refractivity contribution in [1.29, 1.82) is 0 Å². The van der Waals surface area contributed by atoms with E-state index in [1.165, 1.54) is 21.3 Å². The smallest absolute Gasteiger partial charge is 0.338 e. The van der Waals surface area contributed by atoms with Gasteiger partial charge in [0.25, 0.3) is 0 Å². The van der Waals surface area contributed by atoms with Gasteiger partial charge in [0, 0.05) is 5.56 Å². The van der Waals surface area contributed by atoms with E-state index in [2.05, 4.69) is 9.47 Å². The molecular formula is C14H16O7. The van der Waals surface area contributed by atoms with Gasteiger partial charge in [-0.05, 0) is 6.07 Å². The molecule has 0 bridgehead atoms. The molecule has 21 heavy (non-hydrogen) atoms. The van der Waals surface area contributed by atoms with E-state index < -0.39 is 30.4 Å². The molecule has 0 spiro atoms. The summed E-state index contributed by atoms with van der Waals surface area (Å²) < 4.78 is 25.4. The van der Waals surface area contributed by atoms with Crippen LogP contribution in [0.25, 0.3) is 0 Å². The van der Waals surface area contributed by atoms with Crippen LogP contribution in [-0.2, 0) is 28.5 Å². The van der Waals surface area contributed by atoms with Gasteiger partial charge in [0.1, 0.15) is 5.75 Å². The average Bonchev–Trinajstić information content (AvgIpc) is 2.98. The van der Waals surface area contributed by atoms with E-state index in [0.29, 0.717) is 11.3 Å². The van der Waals surface area contributed by atoms with Gasteiger partial charge < -0.3 is 23.7 Å². The van der Waals surface area contributed by atoms with Crippen molar-refractivity contribution in [3.8, 4) is 5.75 Å². The lowest BCUT2D eigenvalue weighted by atomic mass is 10.2. The lowest BCUT2D eigenvalue weighted by Crippen LogP contribution is -2.38. The zero-order chi connectivity index (χ0) is 15.4. The normalized spacial score (nSPS) is 21.9. The molecule has 2 atom stereocenters. The Balaban J connectivity index is 2.28. The molecule has 1 aliphatic heterocycles. The first-order chi connectivity index (χ1) is 10.1. The second-order valence-corrected chi connectivity index (χ2v) is 4.23. The zero-order valence-electron chi connectivity index (χ0n) is 11.9. The Labute approximate surface area is 121 Å². The van der Waals surface area contributed by atoms with Gasteiger partial charge in [0.15, 0.2) is 18.5 Å². The molecule has 1 fully saturated rings. The summed E-state index contributed by atoms with van der Waals surface area (Å²) in [5, 5.41) is 0. The Hall–Kier alpha value is -2.12. The molecular weight excluding hydrogens is 280 g/mol. The van der Waals surface area contributed by atoms with Gasteiger partial charge in [-0.25, -0.2) is 9.59 Å². The molecule has 1 aromatic rings. The highest BCUT2D eigenvalue weighted by molar-refractivity contribution is 5.86. The maximum absolute atomic E-state index is 11.7. The van der Waals surface area contributed by atoms with E-state index in [-0.39, 0.29) is 0 Å². The first-order valence-electron chi connectivity index (χ1n) is 6.21. The van der Waals surface area contributed by atoms with Crippen molar-refractivity contribution in [3.63, 3.8) is 0 Å². The zero-order valence-corrected chi connectivity index (χ0v) is 11.9. The van der Waals surface area contributed by atoms with Crippen LogP contribution in [0.1, 0.15) is 11.9 Å². The van der Waals surface area contributed by atoms with Crippen LogP contribution >= 0.6 is 0 Å². The Bertz CT molecular complexity index is 504. The van der Waals surface area contributed by atoms with Gasteiger partial charge in [0.05, 0.1) is 21.3 Å². The fraction of sp³-hybridized carbons (Fsp3) is 0.429. The Kier molecular flexibility index (Phi) is 4.77. The predicted octanol–water partition coefficient (Wildman–Crippen LogP) is 0.824. The molecule has 1 aromatic carbocycles. The van der Waals surface area contributed by atoms with Gasteiger partial charge in [-0.3, -0.25) is 0 Å². The van der Waals surface area contributed by atoms with E-state index >= 15 is 0 Å². The summed E-state index contributed by atoms with van der Waals surface area (Å²) >= 11 is 0. The second kappa shape index (κ2) is 6.55. The maximum atomic E-state index is 11.7. The number of methoxy groups -OCH3 is 3. The number of benzene rings is 1. The summed E-state index contributed by atoms with van der Waals surface area (Å²) in [4.78, 5) is 23.4.